The van der Waals surface area contributed by atoms with E-state index in [1.54, 1.807) is 25.2 Å². The Bertz CT molecular complexity index is 277. The van der Waals surface area contributed by atoms with Gasteiger partial charge in [0.2, 0.25) is 0 Å². The van der Waals surface area contributed by atoms with Crippen molar-refractivity contribution in [2.45, 2.75) is 5.92 Å². The Morgan fingerprint density at radius 1 is 1.27 bits per heavy atom. The van der Waals surface area contributed by atoms with Crippen molar-refractivity contribution < 1.29 is 13.5 Å². The molecule has 0 amide bonds. The summed E-state index contributed by atoms with van der Waals surface area (Å²) in [7, 11) is 1.75. The van der Waals surface area contributed by atoms with Gasteiger partial charge in [-0.25, -0.2) is 0 Å². The van der Waals surface area contributed by atoms with E-state index >= 15 is 0 Å². The van der Waals surface area contributed by atoms with E-state index in [-0.39, 0.29) is 5.56 Å². The van der Waals surface area contributed by atoms with Crippen LogP contribution in [0.25, 0.3) is 0 Å². The lowest BCUT2D eigenvalue weighted by Crippen LogP contribution is -2.24. The normalized spacial score (nSPS) is 11.7. The second kappa shape index (κ2) is 5.78. The molecule has 1 aromatic carbocycles. The molecule has 0 unspecified atom stereocenters. The lowest BCUT2D eigenvalue weighted by molar-refractivity contribution is -0.0816. The molecule has 0 fully saturated rings. The van der Waals surface area contributed by atoms with Gasteiger partial charge in [-0.15, -0.1) is 0 Å². The molecule has 0 heterocycles. The van der Waals surface area contributed by atoms with Crippen LogP contribution in [0.1, 0.15) is 5.56 Å². The molecule has 0 aliphatic heterocycles. The van der Waals surface area contributed by atoms with Crippen molar-refractivity contribution in [1.82, 2.24) is 5.32 Å². The molecule has 0 spiro atoms. The summed E-state index contributed by atoms with van der Waals surface area (Å²) in [5.74, 6) is -2.91. The quantitative estimate of drug-likeness (QED) is 0.733. The second-order valence-corrected chi connectivity index (χ2v) is 3.23. The first-order valence-electron chi connectivity index (χ1n) is 4.82. The highest BCUT2D eigenvalue weighted by atomic mass is 19.3. The Kier molecular flexibility index (Phi) is 4.65. The Hall–Kier alpha value is -1.00. The van der Waals surface area contributed by atoms with Crippen LogP contribution in [-0.2, 0) is 10.7 Å². The van der Waals surface area contributed by atoms with Crippen LogP contribution < -0.4 is 5.32 Å². The van der Waals surface area contributed by atoms with Crippen molar-refractivity contribution in [3.05, 3.63) is 35.9 Å². The SMILES string of the molecule is CNCCOCC(F)(F)c1ccccc1. The highest BCUT2D eigenvalue weighted by Crippen LogP contribution is 2.27. The largest absolute Gasteiger partial charge is 0.373 e. The maximum Gasteiger partial charge on any atom is 0.296 e. The van der Waals surface area contributed by atoms with E-state index in [0.29, 0.717) is 13.2 Å². The lowest BCUT2D eigenvalue weighted by atomic mass is 10.1. The molecule has 0 saturated carbocycles. The molecule has 84 valence electrons. The molecule has 0 aromatic heterocycles. The van der Waals surface area contributed by atoms with Gasteiger partial charge in [0.15, 0.2) is 0 Å². The second-order valence-electron chi connectivity index (χ2n) is 3.23. The van der Waals surface area contributed by atoms with Gasteiger partial charge in [-0.3, -0.25) is 0 Å². The first kappa shape index (κ1) is 12.1. The van der Waals surface area contributed by atoms with Gasteiger partial charge in [0.25, 0.3) is 5.92 Å². The summed E-state index contributed by atoms with van der Waals surface area (Å²) >= 11 is 0. The van der Waals surface area contributed by atoms with Crippen LogP contribution in [0.2, 0.25) is 0 Å². The van der Waals surface area contributed by atoms with Crippen LogP contribution in [0.4, 0.5) is 8.78 Å². The third-order valence-electron chi connectivity index (χ3n) is 1.98. The highest BCUT2D eigenvalue weighted by molar-refractivity contribution is 5.19. The maximum atomic E-state index is 13.4. The first-order valence-corrected chi connectivity index (χ1v) is 4.82. The fourth-order valence-electron chi connectivity index (χ4n) is 1.14. The van der Waals surface area contributed by atoms with Crippen LogP contribution >= 0.6 is 0 Å². The fourth-order valence-corrected chi connectivity index (χ4v) is 1.14. The van der Waals surface area contributed by atoms with E-state index in [0.717, 1.165) is 0 Å². The third kappa shape index (κ3) is 3.93. The predicted octanol–water partition coefficient (Wildman–Crippen LogP) is 2.01. The molecule has 2 nitrogen and oxygen atoms in total. The van der Waals surface area contributed by atoms with E-state index in [1.165, 1.54) is 12.1 Å². The Balaban J connectivity index is 2.45. The number of rotatable bonds is 6. The van der Waals surface area contributed by atoms with Gasteiger partial charge in [0, 0.05) is 12.1 Å². The van der Waals surface area contributed by atoms with E-state index in [1.807, 2.05) is 0 Å². The van der Waals surface area contributed by atoms with Gasteiger partial charge in [-0.2, -0.15) is 8.78 Å². The van der Waals surface area contributed by atoms with Gasteiger partial charge in [0.1, 0.15) is 6.61 Å². The number of halogens is 2. The van der Waals surface area contributed by atoms with Crippen molar-refractivity contribution in [1.29, 1.82) is 0 Å². The number of alkyl halides is 2. The smallest absolute Gasteiger partial charge is 0.296 e. The number of hydrogen-bond donors (Lipinski definition) is 1. The maximum absolute atomic E-state index is 13.4. The zero-order valence-corrected chi connectivity index (χ0v) is 8.67. The number of nitrogens with one attached hydrogen (secondary N) is 1. The van der Waals surface area contributed by atoms with Gasteiger partial charge in [-0.05, 0) is 7.05 Å². The minimum atomic E-state index is -2.91. The van der Waals surface area contributed by atoms with Crippen LogP contribution in [0, 0.1) is 0 Å². The van der Waals surface area contributed by atoms with E-state index in [4.69, 9.17) is 4.74 Å². The van der Waals surface area contributed by atoms with E-state index < -0.39 is 12.5 Å². The van der Waals surface area contributed by atoms with Crippen LogP contribution in [0.3, 0.4) is 0 Å². The van der Waals surface area contributed by atoms with Crippen molar-refractivity contribution in [2.75, 3.05) is 26.8 Å². The number of benzene rings is 1. The topological polar surface area (TPSA) is 21.3 Å². The fraction of sp³-hybridized carbons (Fsp3) is 0.455. The molecule has 0 saturated heterocycles. The number of likely N-dealkylation sites (N-methyl/N-ethyl adjacent to an activating group) is 1. The molecule has 1 aromatic rings. The van der Waals surface area contributed by atoms with Gasteiger partial charge < -0.3 is 10.1 Å². The van der Waals surface area contributed by atoms with Crippen LogP contribution in [0.5, 0.6) is 0 Å². The Labute approximate surface area is 88.3 Å². The van der Waals surface area contributed by atoms with Crippen molar-refractivity contribution >= 4 is 0 Å². The van der Waals surface area contributed by atoms with Gasteiger partial charge in [0.05, 0.1) is 6.61 Å². The highest BCUT2D eigenvalue weighted by Gasteiger charge is 2.31. The summed E-state index contributed by atoms with van der Waals surface area (Å²) in [6, 6.07) is 7.71. The summed E-state index contributed by atoms with van der Waals surface area (Å²) < 4.78 is 31.8. The molecule has 0 atom stereocenters. The van der Waals surface area contributed by atoms with Crippen LogP contribution in [-0.4, -0.2) is 26.8 Å². The van der Waals surface area contributed by atoms with E-state index in [2.05, 4.69) is 5.32 Å². The minimum Gasteiger partial charge on any atom is -0.373 e. The summed E-state index contributed by atoms with van der Waals surface area (Å²) in [6.45, 7) is 0.294. The summed E-state index contributed by atoms with van der Waals surface area (Å²) in [6.07, 6.45) is 0. The molecule has 0 aliphatic rings. The van der Waals surface area contributed by atoms with Crippen LogP contribution in [0.15, 0.2) is 30.3 Å². The van der Waals surface area contributed by atoms with E-state index in [9.17, 15) is 8.78 Å². The Morgan fingerprint density at radius 2 is 1.93 bits per heavy atom. The zero-order valence-electron chi connectivity index (χ0n) is 8.67. The molecule has 1 N–H and O–H groups in total. The monoisotopic (exact) mass is 215 g/mol. The average Bonchev–Trinajstić information content (AvgIpc) is 2.26. The van der Waals surface area contributed by atoms with Crippen molar-refractivity contribution in [2.24, 2.45) is 0 Å². The standard InChI is InChI=1S/C11H15F2NO/c1-14-7-8-15-9-11(12,13)10-5-3-2-4-6-10/h2-6,14H,7-9H2,1H3. The summed E-state index contributed by atoms with van der Waals surface area (Å²) in [4.78, 5) is 0. The molecule has 15 heavy (non-hydrogen) atoms. The third-order valence-corrected chi connectivity index (χ3v) is 1.98. The van der Waals surface area contributed by atoms with Gasteiger partial charge in [-0.1, -0.05) is 30.3 Å². The van der Waals surface area contributed by atoms with Crippen molar-refractivity contribution in [3.8, 4) is 0 Å². The minimum absolute atomic E-state index is 0.00513. The molecule has 1 rings (SSSR count). The lowest BCUT2D eigenvalue weighted by Gasteiger charge is -2.16. The molecule has 4 heteroatoms. The number of ether oxygens (including phenoxy) is 1. The molecule has 0 bridgehead atoms. The average molecular weight is 215 g/mol. The predicted molar refractivity (Wildman–Crippen MR) is 55.1 cm³/mol. The van der Waals surface area contributed by atoms with Gasteiger partial charge >= 0.3 is 0 Å². The zero-order chi connectivity index (χ0) is 11.1. The molecular weight excluding hydrogens is 200 g/mol. The molecular formula is C11H15F2NO. The molecule has 0 aliphatic carbocycles. The number of hydrogen-bond acceptors (Lipinski definition) is 2. The summed E-state index contributed by atoms with van der Waals surface area (Å²) in [5, 5.41) is 2.82. The van der Waals surface area contributed by atoms with Crippen molar-refractivity contribution in [3.63, 3.8) is 0 Å². The first-order chi connectivity index (χ1) is 7.17. The molecule has 0 radical (unpaired) electrons. The summed E-state index contributed by atoms with van der Waals surface area (Å²) in [5.41, 5.74) is -0.00513. The Morgan fingerprint density at radius 3 is 2.53 bits per heavy atom.